The Morgan fingerprint density at radius 1 is 1.42 bits per heavy atom. The minimum atomic E-state index is 0.146. The van der Waals surface area contributed by atoms with Crippen LogP contribution in [0.15, 0.2) is 23.1 Å². The van der Waals surface area contributed by atoms with Gasteiger partial charge in [0.25, 0.3) is 0 Å². The molecule has 1 amide bonds. The number of benzene rings is 1. The molecule has 0 atom stereocenters. The predicted molar refractivity (Wildman–Crippen MR) is 80.7 cm³/mol. The fourth-order valence-corrected chi connectivity index (χ4v) is 3.23. The van der Waals surface area contributed by atoms with Crippen LogP contribution in [0.2, 0.25) is 5.02 Å². The van der Waals surface area contributed by atoms with Gasteiger partial charge in [0.15, 0.2) is 0 Å². The highest BCUT2D eigenvalue weighted by molar-refractivity contribution is 8.00. The van der Waals surface area contributed by atoms with Crippen LogP contribution in [0, 0.1) is 0 Å². The van der Waals surface area contributed by atoms with E-state index in [0.29, 0.717) is 16.5 Å². The van der Waals surface area contributed by atoms with Crippen molar-refractivity contribution in [2.45, 2.75) is 11.3 Å². The zero-order valence-corrected chi connectivity index (χ0v) is 12.3. The number of carbonyl (C=O) groups excluding carboxylic acids is 1. The van der Waals surface area contributed by atoms with Crippen LogP contribution in [0.3, 0.4) is 0 Å². The molecule has 0 unspecified atom stereocenters. The van der Waals surface area contributed by atoms with Gasteiger partial charge < -0.3 is 16.0 Å². The zero-order chi connectivity index (χ0) is 13.7. The molecule has 0 saturated carbocycles. The van der Waals surface area contributed by atoms with E-state index in [0.717, 1.165) is 37.5 Å². The summed E-state index contributed by atoms with van der Waals surface area (Å²) in [5.74, 6) is 0.529. The molecule has 3 N–H and O–H groups in total. The van der Waals surface area contributed by atoms with Crippen molar-refractivity contribution in [3.63, 3.8) is 0 Å². The second-order valence-corrected chi connectivity index (χ2v) is 5.82. The van der Waals surface area contributed by atoms with Gasteiger partial charge in [-0.1, -0.05) is 17.7 Å². The molecule has 1 aliphatic rings. The van der Waals surface area contributed by atoms with Gasteiger partial charge in [-0.25, -0.2) is 0 Å². The minimum absolute atomic E-state index is 0.146. The van der Waals surface area contributed by atoms with Crippen LogP contribution in [-0.2, 0) is 4.79 Å². The molecule has 104 valence electrons. The molecule has 0 aromatic heterocycles. The number of thioether (sulfide) groups is 1. The van der Waals surface area contributed by atoms with Gasteiger partial charge in [-0.05, 0) is 25.1 Å². The predicted octanol–water partition coefficient (Wildman–Crippen LogP) is 1.84. The van der Waals surface area contributed by atoms with E-state index in [4.69, 9.17) is 17.3 Å². The highest BCUT2D eigenvalue weighted by Gasteiger charge is 2.16. The van der Waals surface area contributed by atoms with Crippen LogP contribution in [0.1, 0.15) is 6.42 Å². The topological polar surface area (TPSA) is 58.4 Å². The number of rotatable bonds is 3. The average Bonchev–Trinajstić information content (AvgIpc) is 2.66. The molecule has 0 radical (unpaired) electrons. The number of carbonyl (C=O) groups is 1. The molecule has 2 rings (SSSR count). The summed E-state index contributed by atoms with van der Waals surface area (Å²) >= 11 is 7.50. The van der Waals surface area contributed by atoms with Crippen LogP contribution in [0.25, 0.3) is 0 Å². The third-order valence-electron chi connectivity index (χ3n) is 3.03. The summed E-state index contributed by atoms with van der Waals surface area (Å²) in [6.07, 6.45) is 1.00. The Morgan fingerprint density at radius 3 is 3.05 bits per heavy atom. The third kappa shape index (κ3) is 4.03. The van der Waals surface area contributed by atoms with E-state index in [-0.39, 0.29) is 5.91 Å². The second kappa shape index (κ2) is 7.03. The Bertz CT molecular complexity index is 427. The maximum atomic E-state index is 12.1. The zero-order valence-electron chi connectivity index (χ0n) is 10.7. The molecule has 0 spiro atoms. The maximum absolute atomic E-state index is 12.1. The number of nitrogens with two attached hydrogens (primary N) is 1. The summed E-state index contributed by atoms with van der Waals surface area (Å²) < 4.78 is 0. The van der Waals surface area contributed by atoms with Gasteiger partial charge in [0, 0.05) is 30.2 Å². The maximum Gasteiger partial charge on any atom is 0.232 e. The summed E-state index contributed by atoms with van der Waals surface area (Å²) in [5, 5.41) is 3.89. The van der Waals surface area contributed by atoms with Crippen molar-refractivity contribution in [2.24, 2.45) is 0 Å². The van der Waals surface area contributed by atoms with Crippen LogP contribution < -0.4 is 11.1 Å². The van der Waals surface area contributed by atoms with E-state index in [1.54, 1.807) is 12.1 Å². The van der Waals surface area contributed by atoms with Crippen molar-refractivity contribution in [1.82, 2.24) is 10.2 Å². The lowest BCUT2D eigenvalue weighted by atomic mass is 10.3. The number of hydrogen-bond donors (Lipinski definition) is 2. The monoisotopic (exact) mass is 299 g/mol. The first-order valence-electron chi connectivity index (χ1n) is 6.34. The standard InChI is InChI=1S/C13H18ClN3OS/c14-10-3-1-4-11(15)13(10)19-9-12(18)17-7-2-5-16-6-8-17/h1,3-4,16H,2,5-9,15H2. The molecule has 1 aromatic rings. The minimum Gasteiger partial charge on any atom is -0.398 e. The van der Waals surface area contributed by atoms with Crippen LogP contribution >= 0.6 is 23.4 Å². The number of anilines is 1. The van der Waals surface area contributed by atoms with Crippen molar-refractivity contribution in [3.8, 4) is 0 Å². The summed E-state index contributed by atoms with van der Waals surface area (Å²) in [6, 6.07) is 5.40. The molecule has 1 fully saturated rings. The summed E-state index contributed by atoms with van der Waals surface area (Å²) in [6.45, 7) is 3.45. The Hall–Kier alpha value is -0.910. The largest absolute Gasteiger partial charge is 0.398 e. The van der Waals surface area contributed by atoms with E-state index in [2.05, 4.69) is 5.32 Å². The molecular weight excluding hydrogens is 282 g/mol. The fraction of sp³-hybridized carbons (Fsp3) is 0.462. The summed E-state index contributed by atoms with van der Waals surface area (Å²) in [5.41, 5.74) is 6.50. The highest BCUT2D eigenvalue weighted by atomic mass is 35.5. The summed E-state index contributed by atoms with van der Waals surface area (Å²) in [4.78, 5) is 14.8. The van der Waals surface area contributed by atoms with Gasteiger partial charge >= 0.3 is 0 Å². The SMILES string of the molecule is Nc1cccc(Cl)c1SCC(=O)N1CCCNCC1. The number of hydrogen-bond acceptors (Lipinski definition) is 4. The smallest absolute Gasteiger partial charge is 0.232 e. The molecule has 0 bridgehead atoms. The van der Waals surface area contributed by atoms with Crippen LogP contribution in [0.4, 0.5) is 5.69 Å². The Morgan fingerprint density at radius 2 is 2.26 bits per heavy atom. The van der Waals surface area contributed by atoms with Crippen LogP contribution in [0.5, 0.6) is 0 Å². The molecule has 1 aromatic carbocycles. The number of nitrogens with zero attached hydrogens (tertiary/aromatic N) is 1. The molecule has 19 heavy (non-hydrogen) atoms. The first kappa shape index (κ1) is 14.5. The van der Waals surface area contributed by atoms with Gasteiger partial charge in [0.1, 0.15) is 0 Å². The highest BCUT2D eigenvalue weighted by Crippen LogP contribution is 2.32. The fourth-order valence-electron chi connectivity index (χ4n) is 2.00. The lowest BCUT2D eigenvalue weighted by Crippen LogP contribution is -2.35. The Balaban J connectivity index is 1.92. The molecule has 1 saturated heterocycles. The van der Waals surface area contributed by atoms with Gasteiger partial charge in [-0.3, -0.25) is 4.79 Å². The van der Waals surface area contributed by atoms with E-state index >= 15 is 0 Å². The molecule has 4 nitrogen and oxygen atoms in total. The van der Waals surface area contributed by atoms with E-state index in [9.17, 15) is 4.79 Å². The molecule has 1 aliphatic heterocycles. The van der Waals surface area contributed by atoms with Gasteiger partial charge in [0.05, 0.1) is 10.8 Å². The second-order valence-electron chi connectivity index (χ2n) is 4.43. The number of amides is 1. The first-order chi connectivity index (χ1) is 9.18. The van der Waals surface area contributed by atoms with Crippen molar-refractivity contribution in [1.29, 1.82) is 0 Å². The average molecular weight is 300 g/mol. The van der Waals surface area contributed by atoms with E-state index < -0.39 is 0 Å². The first-order valence-corrected chi connectivity index (χ1v) is 7.70. The quantitative estimate of drug-likeness (QED) is 0.660. The number of nitrogen functional groups attached to an aromatic ring is 1. The van der Waals surface area contributed by atoms with E-state index in [1.807, 2.05) is 11.0 Å². The molecule has 1 heterocycles. The third-order valence-corrected chi connectivity index (χ3v) is 4.59. The normalized spacial score (nSPS) is 16.2. The summed E-state index contributed by atoms with van der Waals surface area (Å²) in [7, 11) is 0. The molecule has 6 heteroatoms. The van der Waals surface area contributed by atoms with Crippen molar-refractivity contribution < 1.29 is 4.79 Å². The van der Waals surface area contributed by atoms with Crippen molar-refractivity contribution in [3.05, 3.63) is 23.2 Å². The molecular formula is C13H18ClN3OS. The van der Waals surface area contributed by atoms with Crippen molar-refractivity contribution in [2.75, 3.05) is 37.7 Å². The van der Waals surface area contributed by atoms with Gasteiger partial charge in [-0.15, -0.1) is 11.8 Å². The van der Waals surface area contributed by atoms with E-state index in [1.165, 1.54) is 11.8 Å². The lowest BCUT2D eigenvalue weighted by Gasteiger charge is -2.20. The van der Waals surface area contributed by atoms with Crippen LogP contribution in [-0.4, -0.2) is 42.7 Å². The Labute approximate surface area is 122 Å². The molecule has 0 aliphatic carbocycles. The number of halogens is 1. The van der Waals surface area contributed by atoms with Crippen molar-refractivity contribution >= 4 is 35.0 Å². The Kier molecular flexibility index (Phi) is 5.36. The number of nitrogens with one attached hydrogen (secondary N) is 1. The van der Waals surface area contributed by atoms with Gasteiger partial charge in [-0.2, -0.15) is 0 Å². The lowest BCUT2D eigenvalue weighted by molar-refractivity contribution is -0.128. The van der Waals surface area contributed by atoms with Gasteiger partial charge in [0.2, 0.25) is 5.91 Å².